The van der Waals surface area contributed by atoms with Gasteiger partial charge in [0.25, 0.3) is 5.91 Å². The number of hydrogen-bond donors (Lipinski definition) is 1. The quantitative estimate of drug-likeness (QED) is 0.910. The summed E-state index contributed by atoms with van der Waals surface area (Å²) in [4.78, 5) is 30.5. The van der Waals surface area contributed by atoms with Crippen LogP contribution in [0.3, 0.4) is 0 Å². The van der Waals surface area contributed by atoms with E-state index in [1.807, 2.05) is 31.2 Å². The van der Waals surface area contributed by atoms with Crippen LogP contribution >= 0.6 is 0 Å². The number of hydrogen-bond acceptors (Lipinski definition) is 3. The standard InChI is InChI=1S/C16H17N3O2/c1-2-14-15(20)18-8-9-19(14)16(21)12-5-6-13-11(10-12)4-3-7-17-13/h3-7,10,14H,2,8-9H2,1H3,(H,18,20). The Kier molecular flexibility index (Phi) is 3.56. The zero-order chi connectivity index (χ0) is 14.8. The van der Waals surface area contributed by atoms with Crippen LogP contribution in [-0.2, 0) is 4.79 Å². The van der Waals surface area contributed by atoms with E-state index in [4.69, 9.17) is 0 Å². The number of carbonyl (C=O) groups is 2. The van der Waals surface area contributed by atoms with Crippen molar-refractivity contribution in [1.29, 1.82) is 0 Å². The summed E-state index contributed by atoms with van der Waals surface area (Å²) in [5.74, 6) is -0.165. The zero-order valence-corrected chi connectivity index (χ0v) is 11.9. The van der Waals surface area contributed by atoms with Gasteiger partial charge in [-0.3, -0.25) is 14.6 Å². The van der Waals surface area contributed by atoms with E-state index in [1.165, 1.54) is 0 Å². The Morgan fingerprint density at radius 1 is 1.43 bits per heavy atom. The maximum atomic E-state index is 12.7. The SMILES string of the molecule is CCC1C(=O)NCCN1C(=O)c1ccc2ncccc2c1. The largest absolute Gasteiger partial charge is 0.353 e. The third-order valence-corrected chi connectivity index (χ3v) is 3.83. The van der Waals surface area contributed by atoms with Gasteiger partial charge in [-0.25, -0.2) is 0 Å². The van der Waals surface area contributed by atoms with E-state index in [-0.39, 0.29) is 17.9 Å². The second-order valence-corrected chi connectivity index (χ2v) is 5.12. The monoisotopic (exact) mass is 283 g/mol. The molecule has 108 valence electrons. The summed E-state index contributed by atoms with van der Waals surface area (Å²) < 4.78 is 0. The summed E-state index contributed by atoms with van der Waals surface area (Å²) in [6.07, 6.45) is 2.35. The number of carbonyl (C=O) groups excluding carboxylic acids is 2. The third kappa shape index (κ3) is 2.46. The van der Waals surface area contributed by atoms with Crippen LogP contribution in [0.15, 0.2) is 36.5 Å². The second-order valence-electron chi connectivity index (χ2n) is 5.12. The molecule has 0 aliphatic carbocycles. The zero-order valence-electron chi connectivity index (χ0n) is 11.9. The van der Waals surface area contributed by atoms with Crippen LogP contribution in [0.1, 0.15) is 23.7 Å². The highest BCUT2D eigenvalue weighted by atomic mass is 16.2. The van der Waals surface area contributed by atoms with Crippen LogP contribution in [0.4, 0.5) is 0 Å². The third-order valence-electron chi connectivity index (χ3n) is 3.83. The van der Waals surface area contributed by atoms with Crippen LogP contribution < -0.4 is 5.32 Å². The van der Waals surface area contributed by atoms with Gasteiger partial charge in [-0.15, -0.1) is 0 Å². The smallest absolute Gasteiger partial charge is 0.254 e. The van der Waals surface area contributed by atoms with Crippen molar-refractivity contribution in [2.24, 2.45) is 0 Å². The highest BCUT2D eigenvalue weighted by Crippen LogP contribution is 2.18. The molecule has 1 N–H and O–H groups in total. The fourth-order valence-corrected chi connectivity index (χ4v) is 2.74. The minimum absolute atomic E-state index is 0.0699. The molecule has 3 rings (SSSR count). The molecule has 2 amide bonds. The first kappa shape index (κ1) is 13.5. The molecule has 1 saturated heterocycles. The first-order valence-electron chi connectivity index (χ1n) is 7.14. The summed E-state index contributed by atoms with van der Waals surface area (Å²) >= 11 is 0. The highest BCUT2D eigenvalue weighted by Gasteiger charge is 2.32. The number of nitrogens with one attached hydrogen (secondary N) is 1. The molecule has 2 aromatic rings. The van der Waals surface area contributed by atoms with E-state index in [9.17, 15) is 9.59 Å². The fourth-order valence-electron chi connectivity index (χ4n) is 2.74. The molecule has 1 atom stereocenters. The van der Waals surface area contributed by atoms with E-state index in [2.05, 4.69) is 10.3 Å². The Bertz CT molecular complexity index is 699. The van der Waals surface area contributed by atoms with Gasteiger partial charge >= 0.3 is 0 Å². The van der Waals surface area contributed by atoms with Gasteiger partial charge in [0.05, 0.1) is 5.52 Å². The molecule has 0 radical (unpaired) electrons. The number of amides is 2. The molecule has 2 heterocycles. The van der Waals surface area contributed by atoms with Crippen molar-refractivity contribution < 1.29 is 9.59 Å². The van der Waals surface area contributed by atoms with Gasteiger partial charge in [-0.1, -0.05) is 13.0 Å². The molecule has 1 aromatic carbocycles. The van der Waals surface area contributed by atoms with Gasteiger partial charge in [-0.05, 0) is 30.7 Å². The summed E-state index contributed by atoms with van der Waals surface area (Å²) in [6, 6.07) is 8.85. The number of piperazine rings is 1. The summed E-state index contributed by atoms with van der Waals surface area (Å²) in [7, 11) is 0. The summed E-state index contributed by atoms with van der Waals surface area (Å²) in [5, 5.41) is 3.73. The maximum Gasteiger partial charge on any atom is 0.254 e. The van der Waals surface area contributed by atoms with Gasteiger partial charge in [0.1, 0.15) is 6.04 Å². The maximum absolute atomic E-state index is 12.7. The van der Waals surface area contributed by atoms with Gasteiger partial charge in [0, 0.05) is 30.2 Å². The van der Waals surface area contributed by atoms with Crippen LogP contribution in [0.2, 0.25) is 0 Å². The number of rotatable bonds is 2. The molecule has 0 spiro atoms. The molecular formula is C16H17N3O2. The molecule has 1 aliphatic rings. The van der Waals surface area contributed by atoms with E-state index in [1.54, 1.807) is 17.2 Å². The van der Waals surface area contributed by atoms with Crippen LogP contribution in [0.5, 0.6) is 0 Å². The molecule has 0 saturated carbocycles. The van der Waals surface area contributed by atoms with Crippen molar-refractivity contribution in [2.75, 3.05) is 13.1 Å². The van der Waals surface area contributed by atoms with Crippen molar-refractivity contribution in [2.45, 2.75) is 19.4 Å². The Hall–Kier alpha value is -2.43. The molecule has 1 aromatic heterocycles. The van der Waals surface area contributed by atoms with Gasteiger partial charge in [0.2, 0.25) is 5.91 Å². The van der Waals surface area contributed by atoms with E-state index in [0.29, 0.717) is 25.1 Å². The van der Waals surface area contributed by atoms with Crippen LogP contribution in [0, 0.1) is 0 Å². The molecule has 5 heteroatoms. The van der Waals surface area contributed by atoms with Crippen molar-refractivity contribution in [3.05, 3.63) is 42.1 Å². The average molecular weight is 283 g/mol. The fraction of sp³-hybridized carbons (Fsp3) is 0.312. The lowest BCUT2D eigenvalue weighted by Gasteiger charge is -2.34. The lowest BCUT2D eigenvalue weighted by Crippen LogP contribution is -2.56. The van der Waals surface area contributed by atoms with Gasteiger partial charge in [-0.2, -0.15) is 0 Å². The molecule has 1 fully saturated rings. The molecule has 5 nitrogen and oxygen atoms in total. The number of aromatic nitrogens is 1. The number of benzene rings is 1. The average Bonchev–Trinajstić information content (AvgIpc) is 2.53. The Balaban J connectivity index is 1.93. The Morgan fingerprint density at radius 3 is 3.10 bits per heavy atom. The lowest BCUT2D eigenvalue weighted by atomic mass is 10.1. The highest BCUT2D eigenvalue weighted by molar-refractivity contribution is 6.00. The molecular weight excluding hydrogens is 266 g/mol. The Morgan fingerprint density at radius 2 is 2.29 bits per heavy atom. The molecule has 1 unspecified atom stereocenters. The van der Waals surface area contributed by atoms with Gasteiger partial charge in [0.15, 0.2) is 0 Å². The first-order valence-corrected chi connectivity index (χ1v) is 7.14. The van der Waals surface area contributed by atoms with Crippen LogP contribution in [0.25, 0.3) is 10.9 Å². The number of fused-ring (bicyclic) bond motifs is 1. The second kappa shape index (κ2) is 5.52. The minimum atomic E-state index is -0.379. The van der Waals surface area contributed by atoms with E-state index >= 15 is 0 Å². The Labute approximate surface area is 123 Å². The van der Waals surface area contributed by atoms with E-state index in [0.717, 1.165) is 10.9 Å². The van der Waals surface area contributed by atoms with Crippen molar-refractivity contribution in [3.63, 3.8) is 0 Å². The molecule has 0 bridgehead atoms. The van der Waals surface area contributed by atoms with Crippen molar-refractivity contribution in [1.82, 2.24) is 15.2 Å². The number of pyridine rings is 1. The van der Waals surface area contributed by atoms with E-state index < -0.39 is 0 Å². The summed E-state index contributed by atoms with van der Waals surface area (Å²) in [5.41, 5.74) is 1.46. The normalized spacial score (nSPS) is 18.6. The molecule has 21 heavy (non-hydrogen) atoms. The first-order chi connectivity index (χ1) is 10.2. The molecule has 1 aliphatic heterocycles. The predicted octanol–water partition coefficient (Wildman–Crippen LogP) is 1.59. The topological polar surface area (TPSA) is 62.3 Å². The predicted molar refractivity (Wildman–Crippen MR) is 79.9 cm³/mol. The van der Waals surface area contributed by atoms with Gasteiger partial charge < -0.3 is 10.2 Å². The number of nitrogens with zero attached hydrogens (tertiary/aromatic N) is 2. The van der Waals surface area contributed by atoms with Crippen molar-refractivity contribution >= 4 is 22.7 Å². The minimum Gasteiger partial charge on any atom is -0.353 e. The lowest BCUT2D eigenvalue weighted by molar-refractivity contribution is -0.127. The van der Waals surface area contributed by atoms with Crippen LogP contribution in [-0.4, -0.2) is 40.8 Å². The van der Waals surface area contributed by atoms with Crippen molar-refractivity contribution in [3.8, 4) is 0 Å². The summed E-state index contributed by atoms with van der Waals surface area (Å²) in [6.45, 7) is 2.98.